The van der Waals surface area contributed by atoms with E-state index in [4.69, 9.17) is 14.2 Å². The third-order valence-electron chi connectivity index (χ3n) is 4.68. The van der Waals surface area contributed by atoms with Gasteiger partial charge in [0.2, 0.25) is 0 Å². The van der Waals surface area contributed by atoms with Crippen molar-refractivity contribution in [3.8, 4) is 5.75 Å². The van der Waals surface area contributed by atoms with Crippen LogP contribution in [0.5, 0.6) is 5.75 Å². The van der Waals surface area contributed by atoms with Crippen LogP contribution >= 0.6 is 0 Å². The molecule has 2 fully saturated rings. The maximum atomic E-state index is 10.6. The summed E-state index contributed by atoms with van der Waals surface area (Å²) in [5.41, 5.74) is 0.677. The first-order valence-electron chi connectivity index (χ1n) is 8.76. The van der Waals surface area contributed by atoms with Gasteiger partial charge < -0.3 is 14.2 Å². The second kappa shape index (κ2) is 8.46. The third kappa shape index (κ3) is 5.33. The quantitative estimate of drug-likeness (QED) is 0.375. The SMILES string of the molecule is O=Cc1ccc(OCCCCCOCC2CCC3OC3C2)cc1. The summed E-state index contributed by atoms with van der Waals surface area (Å²) in [6, 6.07) is 7.23. The molecule has 1 saturated carbocycles. The van der Waals surface area contributed by atoms with Crippen LogP contribution in [0.15, 0.2) is 24.3 Å². The van der Waals surface area contributed by atoms with Gasteiger partial charge in [0.15, 0.2) is 0 Å². The van der Waals surface area contributed by atoms with Crippen molar-refractivity contribution in [3.05, 3.63) is 29.8 Å². The van der Waals surface area contributed by atoms with E-state index in [0.717, 1.165) is 44.5 Å². The highest BCUT2D eigenvalue weighted by molar-refractivity contribution is 5.74. The molecule has 23 heavy (non-hydrogen) atoms. The second-order valence-corrected chi connectivity index (χ2v) is 6.56. The van der Waals surface area contributed by atoms with Gasteiger partial charge in [0.25, 0.3) is 0 Å². The molecule has 0 radical (unpaired) electrons. The number of hydrogen-bond donors (Lipinski definition) is 0. The molecule has 1 aliphatic carbocycles. The molecule has 0 N–H and O–H groups in total. The predicted molar refractivity (Wildman–Crippen MR) is 88.0 cm³/mol. The van der Waals surface area contributed by atoms with Gasteiger partial charge in [-0.2, -0.15) is 0 Å². The minimum absolute atomic E-state index is 0.551. The molecule has 4 nitrogen and oxygen atoms in total. The molecular weight excluding hydrogens is 292 g/mol. The van der Waals surface area contributed by atoms with E-state index in [0.29, 0.717) is 30.3 Å². The summed E-state index contributed by atoms with van der Waals surface area (Å²) in [4.78, 5) is 10.6. The number of hydrogen-bond acceptors (Lipinski definition) is 4. The van der Waals surface area contributed by atoms with Crippen molar-refractivity contribution in [1.82, 2.24) is 0 Å². The Morgan fingerprint density at radius 3 is 2.65 bits per heavy atom. The highest BCUT2D eigenvalue weighted by Gasteiger charge is 2.43. The lowest BCUT2D eigenvalue weighted by Gasteiger charge is -2.18. The Morgan fingerprint density at radius 1 is 1.04 bits per heavy atom. The summed E-state index contributed by atoms with van der Waals surface area (Å²) in [5.74, 6) is 1.53. The molecule has 4 heteroatoms. The lowest BCUT2D eigenvalue weighted by Crippen LogP contribution is -2.18. The molecule has 1 aromatic carbocycles. The van der Waals surface area contributed by atoms with Crippen LogP contribution in [0.25, 0.3) is 0 Å². The number of benzene rings is 1. The molecule has 1 saturated heterocycles. The second-order valence-electron chi connectivity index (χ2n) is 6.56. The first kappa shape index (κ1) is 16.5. The van der Waals surface area contributed by atoms with Gasteiger partial charge in [0.1, 0.15) is 12.0 Å². The molecule has 0 amide bonds. The van der Waals surface area contributed by atoms with Crippen molar-refractivity contribution in [2.45, 2.75) is 50.7 Å². The highest BCUT2D eigenvalue weighted by Crippen LogP contribution is 2.39. The Kier molecular flexibility index (Phi) is 6.06. The van der Waals surface area contributed by atoms with E-state index >= 15 is 0 Å². The standard InChI is InChI=1S/C19H26O4/c20-13-15-4-7-17(8-5-15)22-11-3-1-2-10-21-14-16-6-9-18-19(12-16)23-18/h4-5,7-8,13,16,18-19H,1-3,6,9-12,14H2. The molecule has 0 spiro atoms. The van der Waals surface area contributed by atoms with E-state index in [-0.39, 0.29) is 0 Å². The Morgan fingerprint density at radius 2 is 1.87 bits per heavy atom. The zero-order valence-corrected chi connectivity index (χ0v) is 13.6. The number of fused-ring (bicyclic) bond motifs is 1. The highest BCUT2D eigenvalue weighted by atomic mass is 16.6. The number of epoxide rings is 1. The van der Waals surface area contributed by atoms with E-state index in [1.54, 1.807) is 12.1 Å². The van der Waals surface area contributed by atoms with Gasteiger partial charge in [-0.1, -0.05) is 0 Å². The summed E-state index contributed by atoms with van der Waals surface area (Å²) in [6.07, 6.45) is 8.89. The normalized spacial score (nSPS) is 25.7. The van der Waals surface area contributed by atoms with Gasteiger partial charge in [0.05, 0.1) is 18.8 Å². The number of carbonyl (C=O) groups is 1. The molecule has 2 aliphatic rings. The van der Waals surface area contributed by atoms with Crippen molar-refractivity contribution >= 4 is 6.29 Å². The first-order chi connectivity index (χ1) is 11.3. The zero-order valence-electron chi connectivity index (χ0n) is 13.6. The van der Waals surface area contributed by atoms with Gasteiger partial charge in [-0.15, -0.1) is 0 Å². The zero-order chi connectivity index (χ0) is 15.9. The van der Waals surface area contributed by atoms with Crippen molar-refractivity contribution in [3.63, 3.8) is 0 Å². The Labute approximate surface area is 138 Å². The van der Waals surface area contributed by atoms with Crippen LogP contribution in [0.2, 0.25) is 0 Å². The fourth-order valence-corrected chi connectivity index (χ4v) is 3.20. The molecule has 1 aromatic rings. The largest absolute Gasteiger partial charge is 0.494 e. The fourth-order valence-electron chi connectivity index (χ4n) is 3.20. The van der Waals surface area contributed by atoms with E-state index in [1.807, 2.05) is 12.1 Å². The van der Waals surface area contributed by atoms with Gasteiger partial charge >= 0.3 is 0 Å². The van der Waals surface area contributed by atoms with Gasteiger partial charge in [-0.3, -0.25) is 4.79 Å². The number of unbranched alkanes of at least 4 members (excludes halogenated alkanes) is 2. The van der Waals surface area contributed by atoms with Crippen LogP contribution in [0.3, 0.4) is 0 Å². The lowest BCUT2D eigenvalue weighted by molar-refractivity contribution is 0.0846. The van der Waals surface area contributed by atoms with Crippen molar-refractivity contribution in [2.24, 2.45) is 5.92 Å². The van der Waals surface area contributed by atoms with E-state index < -0.39 is 0 Å². The Bertz CT molecular complexity index is 485. The summed E-state index contributed by atoms with van der Waals surface area (Å²) >= 11 is 0. The maximum absolute atomic E-state index is 10.6. The minimum atomic E-state index is 0.551. The number of carbonyl (C=O) groups excluding carboxylic acids is 1. The summed E-state index contributed by atoms with van der Waals surface area (Å²) in [6.45, 7) is 2.45. The Balaban J connectivity index is 1.16. The molecular formula is C19H26O4. The molecule has 3 rings (SSSR count). The molecule has 126 valence electrons. The number of ether oxygens (including phenoxy) is 3. The van der Waals surface area contributed by atoms with Crippen LogP contribution in [0, 0.1) is 5.92 Å². The van der Waals surface area contributed by atoms with E-state index in [2.05, 4.69) is 0 Å². The van der Waals surface area contributed by atoms with Gasteiger partial charge in [-0.25, -0.2) is 0 Å². The number of rotatable bonds is 10. The molecule has 1 heterocycles. The van der Waals surface area contributed by atoms with E-state index in [1.165, 1.54) is 19.3 Å². The average Bonchev–Trinajstić information content (AvgIpc) is 3.36. The molecule has 0 aromatic heterocycles. The van der Waals surface area contributed by atoms with Crippen molar-refractivity contribution in [1.29, 1.82) is 0 Å². The minimum Gasteiger partial charge on any atom is -0.494 e. The van der Waals surface area contributed by atoms with Crippen LogP contribution in [0.1, 0.15) is 48.9 Å². The third-order valence-corrected chi connectivity index (χ3v) is 4.68. The van der Waals surface area contributed by atoms with Gasteiger partial charge in [-0.05, 0) is 68.7 Å². The average molecular weight is 318 g/mol. The summed E-state index contributed by atoms with van der Waals surface area (Å²) < 4.78 is 17.0. The first-order valence-corrected chi connectivity index (χ1v) is 8.76. The summed E-state index contributed by atoms with van der Waals surface area (Å²) in [7, 11) is 0. The van der Waals surface area contributed by atoms with Crippen LogP contribution in [-0.2, 0) is 9.47 Å². The summed E-state index contributed by atoms with van der Waals surface area (Å²) in [5, 5.41) is 0. The van der Waals surface area contributed by atoms with Crippen LogP contribution in [0.4, 0.5) is 0 Å². The molecule has 3 unspecified atom stereocenters. The van der Waals surface area contributed by atoms with Crippen molar-refractivity contribution in [2.75, 3.05) is 19.8 Å². The molecule has 1 aliphatic heterocycles. The van der Waals surface area contributed by atoms with Crippen molar-refractivity contribution < 1.29 is 19.0 Å². The number of aldehydes is 1. The monoisotopic (exact) mass is 318 g/mol. The smallest absolute Gasteiger partial charge is 0.150 e. The maximum Gasteiger partial charge on any atom is 0.150 e. The topological polar surface area (TPSA) is 48.1 Å². The predicted octanol–water partition coefficient (Wildman–Crippen LogP) is 3.63. The van der Waals surface area contributed by atoms with Crippen LogP contribution in [-0.4, -0.2) is 38.3 Å². The Hall–Kier alpha value is -1.39. The molecule has 3 atom stereocenters. The fraction of sp³-hybridized carbons (Fsp3) is 0.632. The lowest BCUT2D eigenvalue weighted by atomic mass is 9.90. The van der Waals surface area contributed by atoms with E-state index in [9.17, 15) is 4.79 Å². The van der Waals surface area contributed by atoms with Gasteiger partial charge in [0, 0.05) is 18.8 Å². The van der Waals surface area contributed by atoms with Crippen LogP contribution < -0.4 is 4.74 Å². The molecule has 0 bridgehead atoms.